The van der Waals surface area contributed by atoms with Crippen molar-refractivity contribution in [3.8, 4) is 17.4 Å². The van der Waals surface area contributed by atoms with Gasteiger partial charge in [0.25, 0.3) is 0 Å². The lowest BCUT2D eigenvalue weighted by molar-refractivity contribution is -0.126. The first-order chi connectivity index (χ1) is 13.2. The van der Waals surface area contributed by atoms with Gasteiger partial charge in [-0.1, -0.05) is 6.07 Å². The summed E-state index contributed by atoms with van der Waals surface area (Å²) < 4.78 is 15.8. The maximum Gasteiger partial charge on any atom is 0.231 e. The molecule has 0 unspecified atom stereocenters. The van der Waals surface area contributed by atoms with Crippen molar-refractivity contribution in [2.24, 2.45) is 5.92 Å². The molecule has 0 saturated carbocycles. The first kappa shape index (κ1) is 17.1. The van der Waals surface area contributed by atoms with Gasteiger partial charge in [0.15, 0.2) is 11.5 Å². The summed E-state index contributed by atoms with van der Waals surface area (Å²) in [7, 11) is 1.53. The minimum Gasteiger partial charge on any atom is -0.481 e. The maximum absolute atomic E-state index is 12.5. The first-order valence-electron chi connectivity index (χ1n) is 8.61. The molecule has 2 aromatic rings. The molecule has 140 valence electrons. The zero-order valence-electron chi connectivity index (χ0n) is 14.8. The van der Waals surface area contributed by atoms with Crippen LogP contribution in [0.25, 0.3) is 0 Å². The molecule has 2 amide bonds. The molecule has 1 N–H and O–H groups in total. The van der Waals surface area contributed by atoms with Crippen molar-refractivity contribution in [1.29, 1.82) is 0 Å². The van der Waals surface area contributed by atoms with Crippen molar-refractivity contribution in [1.82, 2.24) is 10.3 Å². The number of methoxy groups -OCH3 is 1. The Bertz CT molecular complexity index is 885. The summed E-state index contributed by atoms with van der Waals surface area (Å²) in [5, 5.41) is 2.87. The van der Waals surface area contributed by atoms with Gasteiger partial charge < -0.3 is 24.4 Å². The van der Waals surface area contributed by atoms with E-state index in [9.17, 15) is 9.59 Å². The number of nitrogens with zero attached hydrogens (tertiary/aromatic N) is 2. The van der Waals surface area contributed by atoms with Gasteiger partial charge in [0, 0.05) is 43.0 Å². The average Bonchev–Trinajstić information content (AvgIpc) is 3.32. The molecule has 27 heavy (non-hydrogen) atoms. The third-order valence-electron chi connectivity index (χ3n) is 4.66. The Balaban J connectivity index is 1.40. The second-order valence-electron chi connectivity index (χ2n) is 6.33. The van der Waals surface area contributed by atoms with E-state index in [0.29, 0.717) is 36.2 Å². The largest absolute Gasteiger partial charge is 0.481 e. The zero-order chi connectivity index (χ0) is 18.8. The van der Waals surface area contributed by atoms with E-state index >= 15 is 0 Å². The zero-order valence-corrected chi connectivity index (χ0v) is 14.8. The Morgan fingerprint density at radius 1 is 1.33 bits per heavy atom. The van der Waals surface area contributed by atoms with Crippen molar-refractivity contribution >= 4 is 17.5 Å². The number of carbonyl (C=O) groups is 2. The Morgan fingerprint density at radius 2 is 2.19 bits per heavy atom. The molecule has 4 rings (SSSR count). The number of carbonyl (C=O) groups excluding carboxylic acids is 2. The molecule has 1 atom stereocenters. The highest BCUT2D eigenvalue weighted by atomic mass is 16.7. The van der Waals surface area contributed by atoms with E-state index in [2.05, 4.69) is 10.3 Å². The molecule has 2 aliphatic rings. The summed E-state index contributed by atoms with van der Waals surface area (Å²) in [6.45, 7) is 0.800. The number of benzene rings is 1. The van der Waals surface area contributed by atoms with Crippen LogP contribution in [0.5, 0.6) is 17.4 Å². The van der Waals surface area contributed by atoms with Crippen LogP contribution in [0.15, 0.2) is 36.5 Å². The Morgan fingerprint density at radius 3 is 3.04 bits per heavy atom. The van der Waals surface area contributed by atoms with Crippen LogP contribution in [0.3, 0.4) is 0 Å². The van der Waals surface area contributed by atoms with Gasteiger partial charge in [-0.05, 0) is 18.2 Å². The quantitative estimate of drug-likeness (QED) is 0.859. The number of aromatic nitrogens is 1. The molecule has 0 radical (unpaired) electrons. The van der Waals surface area contributed by atoms with Crippen molar-refractivity contribution in [3.63, 3.8) is 0 Å². The standard InChI is InChI=1S/C19H19N3O5/c1-25-19-12(3-2-6-20-19)9-21-18(24)13-7-17(23)22(10-13)14-4-5-15-16(8-14)27-11-26-15/h2-6,8,13H,7,9-11H2,1H3,(H,21,24)/t13-/m1/s1. The van der Waals surface area contributed by atoms with Gasteiger partial charge in [-0.25, -0.2) is 4.98 Å². The topological polar surface area (TPSA) is 90.0 Å². The Labute approximate surface area is 156 Å². The van der Waals surface area contributed by atoms with Crippen LogP contribution in [-0.4, -0.2) is 37.2 Å². The number of amides is 2. The minimum absolute atomic E-state index is 0.0898. The molecule has 1 aromatic carbocycles. The Kier molecular flexibility index (Phi) is 4.53. The van der Waals surface area contributed by atoms with E-state index in [1.54, 1.807) is 35.4 Å². The minimum atomic E-state index is -0.411. The summed E-state index contributed by atoms with van der Waals surface area (Å²) in [6, 6.07) is 8.95. The van der Waals surface area contributed by atoms with Crippen LogP contribution in [0.4, 0.5) is 5.69 Å². The normalized spacial score (nSPS) is 17.9. The smallest absolute Gasteiger partial charge is 0.231 e. The SMILES string of the molecule is COc1ncccc1CNC(=O)[C@@H]1CC(=O)N(c2ccc3c(c2)OCO3)C1. The van der Waals surface area contributed by atoms with E-state index in [1.165, 1.54) is 7.11 Å². The lowest BCUT2D eigenvalue weighted by atomic mass is 10.1. The summed E-state index contributed by atoms with van der Waals surface area (Å²) in [4.78, 5) is 30.7. The van der Waals surface area contributed by atoms with Crippen molar-refractivity contribution < 1.29 is 23.8 Å². The molecular formula is C19H19N3O5. The fourth-order valence-electron chi connectivity index (χ4n) is 3.25. The highest BCUT2D eigenvalue weighted by Crippen LogP contribution is 2.37. The molecule has 0 spiro atoms. The predicted molar refractivity (Wildman–Crippen MR) is 95.7 cm³/mol. The summed E-state index contributed by atoms with van der Waals surface area (Å²) in [5.41, 5.74) is 1.48. The number of fused-ring (bicyclic) bond motifs is 1. The number of nitrogens with one attached hydrogen (secondary N) is 1. The van der Waals surface area contributed by atoms with Crippen molar-refractivity contribution in [2.45, 2.75) is 13.0 Å². The van der Waals surface area contributed by atoms with Crippen LogP contribution >= 0.6 is 0 Å². The lowest BCUT2D eigenvalue weighted by Crippen LogP contribution is -2.32. The van der Waals surface area contributed by atoms with E-state index in [1.807, 2.05) is 6.07 Å². The van der Waals surface area contributed by atoms with Crippen molar-refractivity contribution in [2.75, 3.05) is 25.3 Å². The van der Waals surface area contributed by atoms with E-state index in [0.717, 1.165) is 5.56 Å². The second-order valence-corrected chi connectivity index (χ2v) is 6.33. The van der Waals surface area contributed by atoms with Crippen molar-refractivity contribution in [3.05, 3.63) is 42.1 Å². The lowest BCUT2D eigenvalue weighted by Gasteiger charge is -2.17. The van der Waals surface area contributed by atoms with Gasteiger partial charge in [0.05, 0.1) is 13.0 Å². The van der Waals surface area contributed by atoms with Gasteiger partial charge in [-0.3, -0.25) is 9.59 Å². The number of rotatable bonds is 5. The third-order valence-corrected chi connectivity index (χ3v) is 4.66. The summed E-state index contributed by atoms with van der Waals surface area (Å²) in [5.74, 6) is 1.07. The van der Waals surface area contributed by atoms with Gasteiger partial charge in [-0.15, -0.1) is 0 Å². The highest BCUT2D eigenvalue weighted by molar-refractivity contribution is 6.00. The Hall–Kier alpha value is -3.29. The molecule has 1 saturated heterocycles. The van der Waals surface area contributed by atoms with Gasteiger partial charge in [-0.2, -0.15) is 0 Å². The highest BCUT2D eigenvalue weighted by Gasteiger charge is 2.35. The number of hydrogen-bond donors (Lipinski definition) is 1. The van der Waals surface area contributed by atoms with Crippen LogP contribution < -0.4 is 24.4 Å². The van der Waals surface area contributed by atoms with Gasteiger partial charge in [0.2, 0.25) is 24.5 Å². The molecule has 1 aromatic heterocycles. The fourth-order valence-corrected chi connectivity index (χ4v) is 3.25. The van der Waals surface area contributed by atoms with Crippen LogP contribution in [0.1, 0.15) is 12.0 Å². The first-order valence-corrected chi connectivity index (χ1v) is 8.61. The number of pyridine rings is 1. The molecule has 1 fully saturated rings. The number of anilines is 1. The van der Waals surface area contributed by atoms with Gasteiger partial charge in [0.1, 0.15) is 0 Å². The van der Waals surface area contributed by atoms with Crippen LogP contribution in [0, 0.1) is 5.92 Å². The maximum atomic E-state index is 12.5. The third kappa shape index (κ3) is 3.38. The van der Waals surface area contributed by atoms with Crippen LogP contribution in [-0.2, 0) is 16.1 Å². The number of ether oxygens (including phenoxy) is 3. The fraction of sp³-hybridized carbons (Fsp3) is 0.316. The summed E-state index contributed by atoms with van der Waals surface area (Å²) >= 11 is 0. The van der Waals surface area contributed by atoms with E-state index in [-0.39, 0.29) is 25.0 Å². The monoisotopic (exact) mass is 369 g/mol. The molecule has 3 heterocycles. The van der Waals surface area contributed by atoms with E-state index < -0.39 is 5.92 Å². The molecule has 8 nitrogen and oxygen atoms in total. The predicted octanol–water partition coefficient (Wildman–Crippen LogP) is 1.49. The second kappa shape index (κ2) is 7.14. The van der Waals surface area contributed by atoms with Gasteiger partial charge >= 0.3 is 0 Å². The molecular weight excluding hydrogens is 350 g/mol. The molecule has 0 aliphatic carbocycles. The molecule has 8 heteroatoms. The summed E-state index contributed by atoms with van der Waals surface area (Å²) in [6.07, 6.45) is 1.80. The molecule has 2 aliphatic heterocycles. The van der Waals surface area contributed by atoms with E-state index in [4.69, 9.17) is 14.2 Å². The van der Waals surface area contributed by atoms with Crippen LogP contribution in [0.2, 0.25) is 0 Å². The number of hydrogen-bond acceptors (Lipinski definition) is 6. The average molecular weight is 369 g/mol. The molecule has 0 bridgehead atoms.